The van der Waals surface area contributed by atoms with E-state index in [1.807, 2.05) is 6.26 Å². The van der Waals surface area contributed by atoms with Gasteiger partial charge in [0, 0.05) is 6.07 Å². The molecule has 2 rings (SSSR count). The van der Waals surface area contributed by atoms with Gasteiger partial charge in [0.15, 0.2) is 5.76 Å². The molecule has 1 heterocycles. The van der Waals surface area contributed by atoms with E-state index in [0.29, 0.717) is 12.2 Å². The Bertz CT molecular complexity index is 804. The van der Waals surface area contributed by atoms with Gasteiger partial charge in [-0.25, -0.2) is 4.79 Å². The number of nitrogens with one attached hydrogen (secondary N) is 1. The van der Waals surface area contributed by atoms with Gasteiger partial charge in [-0.3, -0.25) is 14.9 Å². The van der Waals surface area contributed by atoms with Crippen molar-refractivity contribution < 1.29 is 23.7 Å². The van der Waals surface area contributed by atoms with Gasteiger partial charge in [0.25, 0.3) is 11.6 Å². The van der Waals surface area contributed by atoms with Crippen molar-refractivity contribution in [1.29, 1.82) is 0 Å². The van der Waals surface area contributed by atoms with Crippen molar-refractivity contribution >= 4 is 29.3 Å². The normalized spacial score (nSPS) is 11.6. The van der Waals surface area contributed by atoms with Crippen LogP contribution in [-0.2, 0) is 9.53 Å². The summed E-state index contributed by atoms with van der Waals surface area (Å²) in [5.74, 6) is -0.318. The van der Waals surface area contributed by atoms with Crippen LogP contribution in [0.15, 0.2) is 40.8 Å². The molecule has 0 bridgehead atoms. The molecule has 0 aliphatic heterocycles. The maximum atomic E-state index is 12.3. The van der Waals surface area contributed by atoms with Crippen molar-refractivity contribution in [2.24, 2.45) is 0 Å². The molecular weight excluding hydrogens is 360 g/mol. The predicted molar refractivity (Wildman–Crippen MR) is 97.1 cm³/mol. The molecule has 0 aliphatic rings. The number of amides is 1. The van der Waals surface area contributed by atoms with Gasteiger partial charge in [-0.2, -0.15) is 11.8 Å². The Hall–Kier alpha value is -2.81. The van der Waals surface area contributed by atoms with Crippen molar-refractivity contribution in [3.8, 4) is 11.3 Å². The summed E-state index contributed by atoms with van der Waals surface area (Å²) in [5, 5.41) is 13.7. The number of furan rings is 1. The molecular formula is C17H18N2O6S. The van der Waals surface area contributed by atoms with Crippen molar-refractivity contribution in [3.05, 3.63) is 52.3 Å². The molecule has 0 fully saturated rings. The maximum absolute atomic E-state index is 12.3. The van der Waals surface area contributed by atoms with Crippen LogP contribution in [0.25, 0.3) is 11.3 Å². The molecule has 1 aromatic heterocycles. The second kappa shape index (κ2) is 9.04. The lowest BCUT2D eigenvalue weighted by Gasteiger charge is -2.15. The van der Waals surface area contributed by atoms with Crippen molar-refractivity contribution in [2.75, 3.05) is 19.1 Å². The highest BCUT2D eigenvalue weighted by Crippen LogP contribution is 2.30. The Kier molecular flexibility index (Phi) is 6.79. The first-order chi connectivity index (χ1) is 12.5. The van der Waals surface area contributed by atoms with E-state index < -0.39 is 22.8 Å². The number of thioether (sulfide) groups is 1. The summed E-state index contributed by atoms with van der Waals surface area (Å²) in [6, 6.07) is 8.17. The van der Waals surface area contributed by atoms with E-state index in [-0.39, 0.29) is 22.8 Å². The molecule has 1 N–H and O–H groups in total. The predicted octanol–water partition coefficient (Wildman–Crippen LogP) is 2.88. The van der Waals surface area contributed by atoms with E-state index in [0.717, 1.165) is 0 Å². The average Bonchev–Trinajstić information content (AvgIpc) is 3.14. The molecule has 1 unspecified atom stereocenters. The lowest BCUT2D eigenvalue weighted by atomic mass is 10.1. The minimum atomic E-state index is -0.792. The third-order valence-corrected chi connectivity index (χ3v) is 4.24. The number of carbonyl (C=O) groups is 2. The number of para-hydroxylation sites is 1. The monoisotopic (exact) mass is 378 g/mol. The van der Waals surface area contributed by atoms with Gasteiger partial charge in [0.05, 0.1) is 17.6 Å². The van der Waals surface area contributed by atoms with E-state index >= 15 is 0 Å². The molecule has 0 radical (unpaired) electrons. The van der Waals surface area contributed by atoms with Crippen LogP contribution in [0.2, 0.25) is 0 Å². The molecule has 26 heavy (non-hydrogen) atoms. The van der Waals surface area contributed by atoms with Crippen LogP contribution in [-0.4, -0.2) is 42.0 Å². The van der Waals surface area contributed by atoms with Gasteiger partial charge in [-0.15, -0.1) is 0 Å². The topological polar surface area (TPSA) is 112 Å². The molecule has 138 valence electrons. The molecule has 2 aromatic rings. The first-order valence-corrected chi connectivity index (χ1v) is 9.08. The van der Waals surface area contributed by atoms with E-state index in [9.17, 15) is 19.7 Å². The minimum absolute atomic E-state index is 0.0452. The Morgan fingerprint density at radius 1 is 1.31 bits per heavy atom. The number of methoxy groups -OCH3 is 1. The standard InChI is InChI=1S/C17H18N2O6S/c1-24-17(21)12(9-10-26-2)18-16(20)15-8-7-14(25-15)11-5-3-4-6-13(11)19(22)23/h3-8,12H,9-10H2,1-2H3,(H,18,20). The van der Waals surface area contributed by atoms with Gasteiger partial charge in [0.2, 0.25) is 0 Å². The van der Waals surface area contributed by atoms with Gasteiger partial charge < -0.3 is 14.5 Å². The summed E-state index contributed by atoms with van der Waals surface area (Å²) in [6.45, 7) is 0. The van der Waals surface area contributed by atoms with Crippen molar-refractivity contribution in [2.45, 2.75) is 12.5 Å². The first-order valence-electron chi connectivity index (χ1n) is 7.69. The molecule has 9 heteroatoms. The summed E-state index contributed by atoms with van der Waals surface area (Å²) < 4.78 is 10.2. The zero-order chi connectivity index (χ0) is 19.1. The fourth-order valence-electron chi connectivity index (χ4n) is 2.30. The SMILES string of the molecule is COC(=O)C(CCSC)NC(=O)c1ccc(-c2ccccc2[N+](=O)[O-])o1. The van der Waals surface area contributed by atoms with Crippen LogP contribution in [0.5, 0.6) is 0 Å². The van der Waals surface area contributed by atoms with E-state index in [2.05, 4.69) is 5.32 Å². The first kappa shape index (κ1) is 19.5. The molecule has 0 saturated heterocycles. The molecule has 8 nitrogen and oxygen atoms in total. The highest BCUT2D eigenvalue weighted by Gasteiger charge is 2.24. The second-order valence-corrected chi connectivity index (χ2v) is 6.25. The highest BCUT2D eigenvalue weighted by molar-refractivity contribution is 7.98. The van der Waals surface area contributed by atoms with Crippen LogP contribution in [0, 0.1) is 10.1 Å². The Balaban J connectivity index is 2.19. The Morgan fingerprint density at radius 2 is 2.04 bits per heavy atom. The number of nitrogens with zero attached hydrogens (tertiary/aromatic N) is 1. The van der Waals surface area contributed by atoms with Gasteiger partial charge >= 0.3 is 5.97 Å². The lowest BCUT2D eigenvalue weighted by Crippen LogP contribution is -2.41. The van der Waals surface area contributed by atoms with Gasteiger partial charge in [-0.1, -0.05) is 12.1 Å². The number of nitro groups is 1. The van der Waals surface area contributed by atoms with E-state index in [4.69, 9.17) is 9.15 Å². The smallest absolute Gasteiger partial charge is 0.328 e. The van der Waals surface area contributed by atoms with E-state index in [1.54, 1.807) is 23.9 Å². The molecule has 1 atom stereocenters. The fraction of sp³-hybridized carbons (Fsp3) is 0.294. The quantitative estimate of drug-likeness (QED) is 0.427. The number of esters is 1. The highest BCUT2D eigenvalue weighted by atomic mass is 32.2. The summed E-state index contributed by atoms with van der Waals surface area (Å²) in [4.78, 5) is 34.7. The van der Waals surface area contributed by atoms with Crippen LogP contribution >= 0.6 is 11.8 Å². The summed E-state index contributed by atoms with van der Waals surface area (Å²) in [6.07, 6.45) is 2.30. The molecule has 0 spiro atoms. The van der Waals surface area contributed by atoms with Crippen LogP contribution < -0.4 is 5.32 Å². The van der Waals surface area contributed by atoms with Crippen molar-refractivity contribution in [1.82, 2.24) is 5.32 Å². The van der Waals surface area contributed by atoms with Crippen LogP contribution in [0.4, 0.5) is 5.69 Å². The van der Waals surface area contributed by atoms with Crippen molar-refractivity contribution in [3.63, 3.8) is 0 Å². The van der Waals surface area contributed by atoms with Gasteiger partial charge in [0.1, 0.15) is 11.8 Å². The van der Waals surface area contributed by atoms with Gasteiger partial charge in [-0.05, 0) is 36.6 Å². The molecule has 0 aliphatic carbocycles. The third-order valence-electron chi connectivity index (χ3n) is 3.60. The number of hydrogen-bond donors (Lipinski definition) is 1. The summed E-state index contributed by atoms with van der Waals surface area (Å²) in [7, 11) is 1.25. The molecule has 1 amide bonds. The number of nitro benzene ring substituents is 1. The summed E-state index contributed by atoms with van der Waals surface area (Å²) >= 11 is 1.54. The Labute approximate surface area is 154 Å². The zero-order valence-corrected chi connectivity index (χ0v) is 15.1. The minimum Gasteiger partial charge on any atom is -0.467 e. The largest absolute Gasteiger partial charge is 0.467 e. The Morgan fingerprint density at radius 3 is 2.69 bits per heavy atom. The molecule has 1 aromatic carbocycles. The fourth-order valence-corrected chi connectivity index (χ4v) is 2.77. The van der Waals surface area contributed by atoms with E-state index in [1.165, 1.54) is 31.4 Å². The third kappa shape index (κ3) is 4.63. The number of hydrogen-bond acceptors (Lipinski definition) is 7. The lowest BCUT2D eigenvalue weighted by molar-refractivity contribution is -0.384. The number of benzene rings is 1. The second-order valence-electron chi connectivity index (χ2n) is 5.27. The van der Waals surface area contributed by atoms with Crippen LogP contribution in [0.1, 0.15) is 17.0 Å². The average molecular weight is 378 g/mol. The number of rotatable bonds is 8. The molecule has 0 saturated carbocycles. The van der Waals surface area contributed by atoms with Crippen LogP contribution in [0.3, 0.4) is 0 Å². The number of carbonyl (C=O) groups excluding carboxylic acids is 2. The summed E-state index contributed by atoms with van der Waals surface area (Å²) in [5.41, 5.74) is 0.143. The zero-order valence-electron chi connectivity index (χ0n) is 14.3. The maximum Gasteiger partial charge on any atom is 0.328 e. The number of ether oxygens (including phenoxy) is 1.